The molecule has 16 nitrogen and oxygen atoms in total. The van der Waals surface area contributed by atoms with E-state index in [1.165, 1.54) is 0 Å². The van der Waals surface area contributed by atoms with Crippen LogP contribution >= 0.6 is 0 Å². The number of esters is 1. The fourth-order valence-corrected chi connectivity index (χ4v) is 2.89. The Balaban J connectivity index is 2.97. The van der Waals surface area contributed by atoms with Crippen molar-refractivity contribution in [2.24, 2.45) is 0 Å². The van der Waals surface area contributed by atoms with Crippen LogP contribution in [0.3, 0.4) is 0 Å². The van der Waals surface area contributed by atoms with Gasteiger partial charge in [0.2, 0.25) is 6.23 Å². The lowest BCUT2D eigenvalue weighted by Crippen LogP contribution is -2.62. The smallest absolute Gasteiger partial charge is 0.304 e. The van der Waals surface area contributed by atoms with Gasteiger partial charge in [-0.05, 0) is 6.58 Å². The van der Waals surface area contributed by atoms with Crippen molar-refractivity contribution in [1.29, 1.82) is 0 Å². The molecule has 1 amide bonds. The van der Waals surface area contributed by atoms with Gasteiger partial charge in [-0.2, -0.15) is 0 Å². The van der Waals surface area contributed by atoms with Gasteiger partial charge < -0.3 is 70.2 Å². The predicted molar refractivity (Wildman–Crippen MR) is 105 cm³/mol. The monoisotopic (exact) mass is 501 g/mol. The minimum absolute atomic E-state index is 0.631. The van der Waals surface area contributed by atoms with Gasteiger partial charge in [-0.25, -0.2) is 0 Å². The predicted octanol–water partition coefficient (Wildman–Crippen LogP) is -5.70. The third-order valence-electron chi connectivity index (χ3n) is 4.65. The highest BCUT2D eigenvalue weighted by atomic mass is 16.7. The van der Waals surface area contributed by atoms with E-state index in [0.717, 1.165) is 6.92 Å². The summed E-state index contributed by atoms with van der Waals surface area (Å²) in [6, 6.07) is 0. The molecule has 0 aromatic carbocycles. The second kappa shape index (κ2) is 13.7. The van der Waals surface area contributed by atoms with Crippen molar-refractivity contribution >= 4 is 11.9 Å². The first-order valence-corrected chi connectivity index (χ1v) is 9.93. The highest BCUT2D eigenvalue weighted by Crippen LogP contribution is 2.25. The van der Waals surface area contributed by atoms with Gasteiger partial charge >= 0.3 is 5.97 Å². The summed E-state index contributed by atoms with van der Waals surface area (Å²) in [6.45, 7) is 1.51. The molecule has 1 aliphatic heterocycles. The minimum atomic E-state index is -2.40. The van der Waals surface area contributed by atoms with Gasteiger partial charge in [0.25, 0.3) is 11.9 Å². The lowest BCUT2D eigenvalue weighted by Gasteiger charge is -2.42. The molecule has 0 spiro atoms. The van der Waals surface area contributed by atoms with E-state index in [0.29, 0.717) is 0 Å². The van der Waals surface area contributed by atoms with Crippen LogP contribution in [0.5, 0.6) is 0 Å². The van der Waals surface area contributed by atoms with Crippen molar-refractivity contribution in [1.82, 2.24) is 5.32 Å². The number of ether oxygens (including phenoxy) is 4. The number of carbonyl (C=O) groups excluding carboxylic acids is 2. The Hall–Kier alpha value is -2.12. The maximum absolute atomic E-state index is 12.3. The molecule has 10 N–H and O–H groups in total. The van der Waals surface area contributed by atoms with Crippen molar-refractivity contribution in [3.8, 4) is 0 Å². The summed E-state index contributed by atoms with van der Waals surface area (Å²) < 4.78 is 19.6. The van der Waals surface area contributed by atoms with Gasteiger partial charge in [0.05, 0.1) is 13.2 Å². The number of rotatable bonds is 13. The Morgan fingerprint density at radius 2 is 1.71 bits per heavy atom. The molecule has 0 radical (unpaired) electrons. The Morgan fingerprint density at radius 1 is 1.09 bits per heavy atom. The van der Waals surface area contributed by atoms with Gasteiger partial charge in [-0.3, -0.25) is 9.59 Å². The van der Waals surface area contributed by atoms with Crippen LogP contribution in [0.2, 0.25) is 0 Å². The zero-order valence-electron chi connectivity index (χ0n) is 18.1. The van der Waals surface area contributed by atoms with E-state index in [-0.39, 0.29) is 0 Å². The Morgan fingerprint density at radius 3 is 2.21 bits per heavy atom. The first kappa shape index (κ1) is 29.9. The molecule has 1 rings (SSSR count). The number of aliphatic hydroxyl groups is 9. The topological polar surface area (TPSA) is 265 Å². The van der Waals surface area contributed by atoms with E-state index in [2.05, 4.69) is 11.3 Å². The highest BCUT2D eigenvalue weighted by molar-refractivity contribution is 5.81. The summed E-state index contributed by atoms with van der Waals surface area (Å²) in [7, 11) is 0. The molecule has 1 fully saturated rings. The number of amides is 1. The summed E-state index contributed by atoms with van der Waals surface area (Å²) in [4.78, 5) is 23.5. The number of nitrogens with one attached hydrogen (secondary N) is 1. The van der Waals surface area contributed by atoms with E-state index in [1.54, 1.807) is 0 Å². The van der Waals surface area contributed by atoms with Crippen molar-refractivity contribution in [2.75, 3.05) is 19.8 Å². The van der Waals surface area contributed by atoms with Crippen molar-refractivity contribution in [3.63, 3.8) is 0 Å². The third kappa shape index (κ3) is 8.27. The second-order valence-electron chi connectivity index (χ2n) is 7.29. The molecular weight excluding hydrogens is 470 g/mol. The third-order valence-corrected chi connectivity index (χ3v) is 4.65. The molecule has 10 atom stereocenters. The Kier molecular flexibility index (Phi) is 12.0. The Bertz CT molecular complexity index is 676. The summed E-state index contributed by atoms with van der Waals surface area (Å²) in [6.07, 6.45) is -19.1. The summed E-state index contributed by atoms with van der Waals surface area (Å²) in [5.41, 5.74) is 0. The molecule has 0 saturated carbocycles. The van der Waals surface area contributed by atoms with E-state index in [9.17, 15) is 50.4 Å². The SMILES string of the molecule is C=C(O)OCC(NC(=O)C(O)C(O)C(O[C@@H]1OC(CO)[C@H](O)[C@H](O)C1O)C(O)CO)OC(C)=O. The van der Waals surface area contributed by atoms with Gasteiger partial charge in [0.1, 0.15) is 49.3 Å². The number of aliphatic hydroxyl groups excluding tert-OH is 9. The van der Waals surface area contributed by atoms with Gasteiger partial charge in [-0.15, -0.1) is 0 Å². The van der Waals surface area contributed by atoms with E-state index in [1.807, 2.05) is 5.32 Å². The van der Waals surface area contributed by atoms with Gasteiger partial charge in [0.15, 0.2) is 12.4 Å². The molecule has 7 unspecified atom stereocenters. The number of hydrogen-bond donors (Lipinski definition) is 10. The van der Waals surface area contributed by atoms with Crippen LogP contribution in [-0.4, -0.2) is 139 Å². The zero-order chi connectivity index (χ0) is 26.2. The van der Waals surface area contributed by atoms with Crippen molar-refractivity contribution < 1.29 is 74.5 Å². The largest absolute Gasteiger partial charge is 0.481 e. The molecule has 34 heavy (non-hydrogen) atoms. The normalized spacial score (nSPS) is 29.3. The van der Waals surface area contributed by atoms with Crippen LogP contribution in [-0.2, 0) is 28.5 Å². The second-order valence-corrected chi connectivity index (χ2v) is 7.29. The molecule has 0 aliphatic carbocycles. The maximum atomic E-state index is 12.3. The Labute approximate surface area is 193 Å². The molecule has 198 valence electrons. The molecule has 0 aromatic rings. The summed E-state index contributed by atoms with van der Waals surface area (Å²) >= 11 is 0. The first-order chi connectivity index (χ1) is 15.8. The van der Waals surface area contributed by atoms with Crippen molar-refractivity contribution in [2.45, 2.75) is 68.3 Å². The maximum Gasteiger partial charge on any atom is 0.304 e. The first-order valence-electron chi connectivity index (χ1n) is 9.93. The fraction of sp³-hybridized carbons (Fsp3) is 0.778. The van der Waals surface area contributed by atoms with E-state index in [4.69, 9.17) is 19.3 Å². The van der Waals surface area contributed by atoms with Crippen LogP contribution in [0, 0.1) is 0 Å². The number of hydrogen-bond acceptors (Lipinski definition) is 15. The molecule has 0 bridgehead atoms. The molecule has 0 aromatic heterocycles. The van der Waals surface area contributed by atoms with Crippen LogP contribution in [0.1, 0.15) is 6.92 Å². The lowest BCUT2D eigenvalue weighted by atomic mass is 9.98. The standard InChI is InChI=1S/C18H31NO15/c1-6(22)31-5-10(32-7(2)23)19-17(30)14(28)13(27)16(8(24)3-20)34-18-15(29)12(26)11(25)9(4-21)33-18/h8-16,18,20-22,24-29H,1,3-5H2,2H3,(H,19,30)/t8?,9?,10?,11-,12-,13?,14?,15?,16?,18-/m0/s1. The number of carbonyl (C=O) groups is 2. The average molecular weight is 501 g/mol. The van der Waals surface area contributed by atoms with E-state index >= 15 is 0 Å². The lowest BCUT2D eigenvalue weighted by molar-refractivity contribution is -0.326. The molecule has 1 heterocycles. The fourth-order valence-electron chi connectivity index (χ4n) is 2.89. The quantitative estimate of drug-likeness (QED) is 0.0640. The van der Waals surface area contributed by atoms with Gasteiger partial charge in [0, 0.05) is 6.92 Å². The zero-order valence-corrected chi connectivity index (χ0v) is 18.1. The van der Waals surface area contributed by atoms with Crippen LogP contribution in [0.25, 0.3) is 0 Å². The minimum Gasteiger partial charge on any atom is -0.481 e. The van der Waals surface area contributed by atoms with Crippen LogP contribution < -0.4 is 5.32 Å². The summed E-state index contributed by atoms with van der Waals surface area (Å²) in [5.74, 6) is -3.03. The molecule has 1 aliphatic rings. The van der Waals surface area contributed by atoms with Crippen LogP contribution in [0.4, 0.5) is 0 Å². The average Bonchev–Trinajstić information content (AvgIpc) is 2.78. The van der Waals surface area contributed by atoms with Gasteiger partial charge in [-0.1, -0.05) is 0 Å². The highest BCUT2D eigenvalue weighted by Gasteiger charge is 2.47. The van der Waals surface area contributed by atoms with Crippen molar-refractivity contribution in [3.05, 3.63) is 12.5 Å². The van der Waals surface area contributed by atoms with Crippen LogP contribution in [0.15, 0.2) is 12.5 Å². The molecule has 1 saturated heterocycles. The molecular formula is C18H31NO15. The summed E-state index contributed by atoms with van der Waals surface area (Å²) in [5, 5.41) is 89.8. The van der Waals surface area contributed by atoms with E-state index < -0.39 is 99.0 Å². The molecule has 16 heteroatoms.